The van der Waals surface area contributed by atoms with E-state index in [0.29, 0.717) is 6.42 Å². The van der Waals surface area contributed by atoms with E-state index in [1.54, 1.807) is 11.3 Å². The lowest BCUT2D eigenvalue weighted by molar-refractivity contribution is 0.237. The highest BCUT2D eigenvalue weighted by Gasteiger charge is 2.42. The summed E-state index contributed by atoms with van der Waals surface area (Å²) in [5.74, 6) is -1.40. The van der Waals surface area contributed by atoms with E-state index >= 15 is 0 Å². The SMILES string of the molecule is Cc1ccc(C(C)NC(=O)NC2CC2c2c(F)cccc2F)s1. The van der Waals surface area contributed by atoms with E-state index in [-0.39, 0.29) is 29.6 Å². The van der Waals surface area contributed by atoms with Gasteiger partial charge < -0.3 is 10.6 Å². The van der Waals surface area contributed by atoms with Crippen molar-refractivity contribution in [1.82, 2.24) is 10.6 Å². The number of hydrogen-bond donors (Lipinski definition) is 2. The Labute approximate surface area is 137 Å². The summed E-state index contributed by atoms with van der Waals surface area (Å²) in [5.41, 5.74) is 0.0692. The Bertz CT molecular complexity index is 711. The molecule has 2 amide bonds. The van der Waals surface area contributed by atoms with Crippen molar-refractivity contribution in [3.8, 4) is 0 Å². The number of hydrogen-bond acceptors (Lipinski definition) is 2. The van der Waals surface area contributed by atoms with E-state index < -0.39 is 11.6 Å². The van der Waals surface area contributed by atoms with Crippen molar-refractivity contribution >= 4 is 17.4 Å². The molecule has 3 unspecified atom stereocenters. The van der Waals surface area contributed by atoms with Crippen LogP contribution in [0.25, 0.3) is 0 Å². The average molecular weight is 336 g/mol. The van der Waals surface area contributed by atoms with Crippen LogP contribution in [0.5, 0.6) is 0 Å². The molecule has 1 saturated carbocycles. The number of halogens is 2. The summed E-state index contributed by atoms with van der Waals surface area (Å²) < 4.78 is 27.4. The summed E-state index contributed by atoms with van der Waals surface area (Å²) >= 11 is 1.63. The summed E-state index contributed by atoms with van der Waals surface area (Å²) in [7, 11) is 0. The minimum atomic E-state index is -0.554. The zero-order valence-electron chi connectivity index (χ0n) is 12.9. The average Bonchev–Trinajstić information content (AvgIpc) is 3.06. The van der Waals surface area contributed by atoms with Crippen LogP contribution < -0.4 is 10.6 Å². The van der Waals surface area contributed by atoms with Crippen molar-refractivity contribution in [2.75, 3.05) is 0 Å². The van der Waals surface area contributed by atoms with Crippen LogP contribution in [0.15, 0.2) is 30.3 Å². The fourth-order valence-electron chi connectivity index (χ4n) is 2.70. The zero-order valence-corrected chi connectivity index (χ0v) is 13.7. The summed E-state index contributed by atoms with van der Waals surface area (Å²) in [6.45, 7) is 3.92. The molecular formula is C17H18F2N2OS. The third-order valence-electron chi connectivity index (χ3n) is 4.01. The second-order valence-electron chi connectivity index (χ2n) is 5.87. The van der Waals surface area contributed by atoms with Crippen molar-refractivity contribution in [3.05, 3.63) is 57.3 Å². The number of benzene rings is 1. The van der Waals surface area contributed by atoms with E-state index in [1.165, 1.54) is 23.1 Å². The van der Waals surface area contributed by atoms with Crippen molar-refractivity contribution in [2.24, 2.45) is 0 Å². The molecule has 2 aromatic rings. The smallest absolute Gasteiger partial charge is 0.315 e. The Morgan fingerprint density at radius 2 is 1.96 bits per heavy atom. The van der Waals surface area contributed by atoms with Crippen LogP contribution in [0.4, 0.5) is 13.6 Å². The minimum absolute atomic E-state index is 0.0692. The first kappa shape index (κ1) is 15.9. The summed E-state index contributed by atoms with van der Waals surface area (Å²) in [6.07, 6.45) is 0.553. The van der Waals surface area contributed by atoms with Gasteiger partial charge in [0.1, 0.15) is 11.6 Å². The normalized spacial score (nSPS) is 20.9. The summed E-state index contributed by atoms with van der Waals surface area (Å²) in [6, 6.07) is 7.19. The highest BCUT2D eigenvalue weighted by molar-refractivity contribution is 7.12. The molecule has 3 atom stereocenters. The Morgan fingerprint density at radius 3 is 2.57 bits per heavy atom. The molecule has 3 nitrogen and oxygen atoms in total. The number of amides is 2. The molecule has 0 radical (unpaired) electrons. The Morgan fingerprint density at radius 1 is 1.26 bits per heavy atom. The first-order chi connectivity index (χ1) is 11.0. The monoisotopic (exact) mass is 336 g/mol. The van der Waals surface area contributed by atoms with Crippen molar-refractivity contribution < 1.29 is 13.6 Å². The number of rotatable bonds is 4. The lowest BCUT2D eigenvalue weighted by atomic mass is 10.1. The quantitative estimate of drug-likeness (QED) is 0.861. The molecule has 0 bridgehead atoms. The molecule has 0 saturated heterocycles. The van der Waals surface area contributed by atoms with E-state index in [2.05, 4.69) is 10.6 Å². The highest BCUT2D eigenvalue weighted by Crippen LogP contribution is 2.43. The fraction of sp³-hybridized carbons (Fsp3) is 0.353. The maximum absolute atomic E-state index is 13.7. The summed E-state index contributed by atoms with van der Waals surface area (Å²) in [5, 5.41) is 5.64. The second kappa shape index (κ2) is 6.28. The lowest BCUT2D eigenvalue weighted by Gasteiger charge is -2.13. The van der Waals surface area contributed by atoms with Gasteiger partial charge in [-0.3, -0.25) is 0 Å². The van der Waals surface area contributed by atoms with Gasteiger partial charge in [0.15, 0.2) is 0 Å². The molecule has 0 spiro atoms. The van der Waals surface area contributed by atoms with Gasteiger partial charge in [0, 0.05) is 27.3 Å². The van der Waals surface area contributed by atoms with Gasteiger partial charge in [0.25, 0.3) is 0 Å². The van der Waals surface area contributed by atoms with Crippen LogP contribution in [0.1, 0.15) is 40.6 Å². The van der Waals surface area contributed by atoms with E-state index in [4.69, 9.17) is 0 Å². The van der Waals surface area contributed by atoms with Gasteiger partial charge >= 0.3 is 6.03 Å². The van der Waals surface area contributed by atoms with Gasteiger partial charge in [-0.25, -0.2) is 13.6 Å². The van der Waals surface area contributed by atoms with Crippen LogP contribution in [0.3, 0.4) is 0 Å². The number of urea groups is 1. The molecule has 1 aromatic carbocycles. The molecule has 1 aliphatic carbocycles. The molecule has 1 heterocycles. The number of aryl methyl sites for hydroxylation is 1. The van der Waals surface area contributed by atoms with Crippen molar-refractivity contribution in [2.45, 2.75) is 38.3 Å². The predicted octanol–water partition coefficient (Wildman–Crippen LogP) is 4.25. The number of carbonyl (C=O) groups excluding carboxylic acids is 1. The molecule has 1 fully saturated rings. The van der Waals surface area contributed by atoms with E-state index in [9.17, 15) is 13.6 Å². The Kier molecular flexibility index (Phi) is 4.35. The van der Waals surface area contributed by atoms with Gasteiger partial charge in [-0.15, -0.1) is 11.3 Å². The first-order valence-electron chi connectivity index (χ1n) is 7.53. The molecule has 2 N–H and O–H groups in total. The molecule has 1 aromatic heterocycles. The molecule has 3 rings (SSSR count). The van der Waals surface area contributed by atoms with Gasteiger partial charge in [-0.05, 0) is 44.5 Å². The van der Waals surface area contributed by atoms with Crippen LogP contribution >= 0.6 is 11.3 Å². The summed E-state index contributed by atoms with van der Waals surface area (Å²) in [4.78, 5) is 14.3. The zero-order chi connectivity index (χ0) is 16.6. The van der Waals surface area contributed by atoms with Gasteiger partial charge in [-0.1, -0.05) is 6.07 Å². The largest absolute Gasteiger partial charge is 0.335 e. The second-order valence-corrected chi connectivity index (χ2v) is 7.19. The number of nitrogens with one attached hydrogen (secondary N) is 2. The number of thiophene rings is 1. The van der Waals surface area contributed by atoms with E-state index in [0.717, 1.165) is 4.88 Å². The lowest BCUT2D eigenvalue weighted by Crippen LogP contribution is -2.38. The van der Waals surface area contributed by atoms with Crippen molar-refractivity contribution in [1.29, 1.82) is 0 Å². The van der Waals surface area contributed by atoms with Crippen LogP contribution in [-0.2, 0) is 0 Å². The third kappa shape index (κ3) is 3.52. The van der Waals surface area contributed by atoms with Crippen LogP contribution in [0.2, 0.25) is 0 Å². The predicted molar refractivity (Wildman–Crippen MR) is 86.6 cm³/mol. The molecular weight excluding hydrogens is 318 g/mol. The molecule has 0 aliphatic heterocycles. The standard InChI is InChI=1S/C17H18F2N2OS/c1-9-6-7-15(23-9)10(2)20-17(22)21-14-8-11(14)16-12(18)4-3-5-13(16)19/h3-7,10-11,14H,8H2,1-2H3,(H2,20,21,22). The fourth-order valence-corrected chi connectivity index (χ4v) is 3.58. The third-order valence-corrected chi connectivity index (χ3v) is 5.20. The van der Waals surface area contributed by atoms with E-state index in [1.807, 2.05) is 26.0 Å². The van der Waals surface area contributed by atoms with Crippen LogP contribution in [-0.4, -0.2) is 12.1 Å². The highest BCUT2D eigenvalue weighted by atomic mass is 32.1. The Hall–Kier alpha value is -1.95. The minimum Gasteiger partial charge on any atom is -0.335 e. The maximum atomic E-state index is 13.7. The van der Waals surface area contributed by atoms with Crippen LogP contribution in [0, 0.1) is 18.6 Å². The van der Waals surface area contributed by atoms with Gasteiger partial charge in [-0.2, -0.15) is 0 Å². The molecule has 1 aliphatic rings. The van der Waals surface area contributed by atoms with Crippen molar-refractivity contribution in [3.63, 3.8) is 0 Å². The molecule has 122 valence electrons. The first-order valence-corrected chi connectivity index (χ1v) is 8.34. The number of carbonyl (C=O) groups is 1. The topological polar surface area (TPSA) is 41.1 Å². The van der Waals surface area contributed by atoms with Gasteiger partial charge in [0.05, 0.1) is 6.04 Å². The maximum Gasteiger partial charge on any atom is 0.315 e. The Balaban J connectivity index is 1.56. The van der Waals surface area contributed by atoms with Gasteiger partial charge in [0.2, 0.25) is 0 Å². The molecule has 6 heteroatoms. The molecule has 23 heavy (non-hydrogen) atoms.